The average molecular weight is 432 g/mol. The third kappa shape index (κ3) is 5.12. The number of halogens is 1. The zero-order valence-corrected chi connectivity index (χ0v) is 17.8. The molecule has 1 unspecified atom stereocenters. The minimum atomic E-state index is -0.458. The molecular weight excluding hydrogens is 409 g/mol. The van der Waals surface area contributed by atoms with Gasteiger partial charge in [-0.1, -0.05) is 42.5 Å². The van der Waals surface area contributed by atoms with Crippen molar-refractivity contribution in [3.63, 3.8) is 0 Å². The van der Waals surface area contributed by atoms with Crippen molar-refractivity contribution < 1.29 is 9.18 Å². The maximum absolute atomic E-state index is 13.7. The third-order valence-electron chi connectivity index (χ3n) is 5.46. The number of nitrogens with one attached hydrogen (secondary N) is 1. The fraction of sp³-hybridized carbons (Fsp3) is 0.240. The number of pyridine rings is 1. The summed E-state index contributed by atoms with van der Waals surface area (Å²) in [5, 5.41) is 12.9. The van der Waals surface area contributed by atoms with Gasteiger partial charge in [0.05, 0.1) is 11.3 Å². The highest BCUT2D eigenvalue weighted by Gasteiger charge is 2.23. The van der Waals surface area contributed by atoms with Gasteiger partial charge >= 0.3 is 0 Å². The van der Waals surface area contributed by atoms with Crippen molar-refractivity contribution in [3.8, 4) is 6.07 Å². The Balaban J connectivity index is 1.39. The maximum atomic E-state index is 13.7. The first-order valence-electron chi connectivity index (χ1n) is 10.3. The summed E-state index contributed by atoms with van der Waals surface area (Å²) in [6, 6.07) is 20.8. The Kier molecular flexibility index (Phi) is 6.63. The molecule has 2 aromatic carbocycles. The molecule has 1 amide bonds. The normalized spacial score (nSPS) is 15.0. The van der Waals surface area contributed by atoms with Gasteiger partial charge in [-0.05, 0) is 54.5 Å². The average Bonchev–Trinajstić information content (AvgIpc) is 2.80. The Morgan fingerprint density at radius 2 is 1.97 bits per heavy atom. The number of fused-ring (bicyclic) bond motifs is 1. The van der Waals surface area contributed by atoms with Crippen molar-refractivity contribution >= 4 is 23.4 Å². The summed E-state index contributed by atoms with van der Waals surface area (Å²) in [5.74, 6) is 0.191. The standard InChI is InChI=1S/C25H22FN3OS/c26-21-8-4-5-9-23(21)28-24(30)12-13-31-25-20(16-27)15-19-14-18(10-11-22(19)29-25)17-6-2-1-3-7-17/h1-9,15,18H,10-14H2,(H,28,30). The zero-order valence-electron chi connectivity index (χ0n) is 17.0. The molecule has 0 radical (unpaired) electrons. The number of hydrogen-bond acceptors (Lipinski definition) is 4. The summed E-state index contributed by atoms with van der Waals surface area (Å²) in [4.78, 5) is 16.9. The van der Waals surface area contributed by atoms with Crippen molar-refractivity contribution in [3.05, 3.63) is 88.9 Å². The number of carbonyl (C=O) groups is 1. The Hall–Kier alpha value is -3.17. The quantitative estimate of drug-likeness (QED) is 0.525. The summed E-state index contributed by atoms with van der Waals surface area (Å²) in [6.07, 6.45) is 3.00. The van der Waals surface area contributed by atoms with E-state index in [1.165, 1.54) is 29.5 Å². The molecule has 0 saturated heterocycles. The topological polar surface area (TPSA) is 65.8 Å². The number of amides is 1. The van der Waals surface area contributed by atoms with Crippen LogP contribution in [0.5, 0.6) is 0 Å². The zero-order chi connectivity index (χ0) is 21.6. The lowest BCUT2D eigenvalue weighted by Crippen LogP contribution is -2.15. The maximum Gasteiger partial charge on any atom is 0.225 e. The third-order valence-corrected chi connectivity index (χ3v) is 6.45. The molecule has 0 saturated carbocycles. The second-order valence-electron chi connectivity index (χ2n) is 7.54. The number of aryl methyl sites for hydroxylation is 1. The van der Waals surface area contributed by atoms with Gasteiger partial charge in [-0.3, -0.25) is 4.79 Å². The molecule has 31 heavy (non-hydrogen) atoms. The highest BCUT2D eigenvalue weighted by Crippen LogP contribution is 2.34. The molecular formula is C25H22FN3OS. The molecule has 0 aliphatic heterocycles. The first kappa shape index (κ1) is 21.1. The van der Waals surface area contributed by atoms with E-state index in [-0.39, 0.29) is 18.0 Å². The molecule has 1 heterocycles. The van der Waals surface area contributed by atoms with E-state index in [0.717, 1.165) is 30.5 Å². The lowest BCUT2D eigenvalue weighted by Gasteiger charge is -2.25. The Morgan fingerprint density at radius 3 is 2.74 bits per heavy atom. The lowest BCUT2D eigenvalue weighted by molar-refractivity contribution is -0.115. The number of nitriles is 1. The molecule has 156 valence electrons. The first-order chi connectivity index (χ1) is 15.1. The van der Waals surface area contributed by atoms with E-state index in [1.807, 2.05) is 12.1 Å². The van der Waals surface area contributed by atoms with Crippen LogP contribution in [0.2, 0.25) is 0 Å². The molecule has 1 aliphatic rings. The van der Waals surface area contributed by atoms with Crippen LogP contribution in [0.4, 0.5) is 10.1 Å². The summed E-state index contributed by atoms with van der Waals surface area (Å²) < 4.78 is 13.7. The van der Waals surface area contributed by atoms with Crippen molar-refractivity contribution in [1.82, 2.24) is 4.98 Å². The van der Waals surface area contributed by atoms with Crippen LogP contribution in [0.15, 0.2) is 65.7 Å². The number of anilines is 1. The number of nitrogens with zero attached hydrogens (tertiary/aromatic N) is 2. The summed E-state index contributed by atoms with van der Waals surface area (Å²) >= 11 is 1.40. The molecule has 1 aliphatic carbocycles. The molecule has 4 rings (SSSR count). The van der Waals surface area contributed by atoms with Gasteiger partial charge in [0.2, 0.25) is 5.91 Å². The van der Waals surface area contributed by atoms with Gasteiger partial charge in [-0.15, -0.1) is 11.8 Å². The predicted octanol–water partition coefficient (Wildman–Crippen LogP) is 5.49. The van der Waals surface area contributed by atoms with Gasteiger partial charge in [0.25, 0.3) is 0 Å². The molecule has 3 aromatic rings. The number of benzene rings is 2. The highest BCUT2D eigenvalue weighted by molar-refractivity contribution is 7.99. The smallest absolute Gasteiger partial charge is 0.225 e. The van der Waals surface area contributed by atoms with Crippen LogP contribution < -0.4 is 5.32 Å². The first-order valence-corrected chi connectivity index (χ1v) is 11.3. The molecule has 1 N–H and O–H groups in total. The molecule has 1 aromatic heterocycles. The second-order valence-corrected chi connectivity index (χ2v) is 8.62. The van der Waals surface area contributed by atoms with Crippen LogP contribution in [0.25, 0.3) is 0 Å². The molecule has 1 atom stereocenters. The van der Waals surface area contributed by atoms with E-state index in [2.05, 4.69) is 35.7 Å². The van der Waals surface area contributed by atoms with Crippen LogP contribution in [0.3, 0.4) is 0 Å². The lowest BCUT2D eigenvalue weighted by atomic mass is 9.82. The summed E-state index contributed by atoms with van der Waals surface area (Å²) in [5.41, 5.74) is 4.23. The van der Waals surface area contributed by atoms with Crippen molar-refractivity contribution in [1.29, 1.82) is 5.26 Å². The predicted molar refractivity (Wildman–Crippen MR) is 121 cm³/mol. The molecule has 0 fully saturated rings. The fourth-order valence-electron chi connectivity index (χ4n) is 3.86. The number of hydrogen-bond donors (Lipinski definition) is 1. The van der Waals surface area contributed by atoms with Crippen LogP contribution in [-0.4, -0.2) is 16.6 Å². The Morgan fingerprint density at radius 1 is 1.19 bits per heavy atom. The minimum Gasteiger partial charge on any atom is -0.324 e. The van der Waals surface area contributed by atoms with Crippen LogP contribution in [0, 0.1) is 17.1 Å². The summed E-state index contributed by atoms with van der Waals surface area (Å²) in [6.45, 7) is 0. The Labute approximate surface area is 185 Å². The van der Waals surface area contributed by atoms with E-state index in [9.17, 15) is 14.4 Å². The largest absolute Gasteiger partial charge is 0.324 e. The number of para-hydroxylation sites is 1. The number of thioether (sulfide) groups is 1. The van der Waals surface area contributed by atoms with E-state index in [4.69, 9.17) is 4.98 Å². The fourth-order valence-corrected chi connectivity index (χ4v) is 4.78. The van der Waals surface area contributed by atoms with E-state index in [0.29, 0.717) is 22.3 Å². The minimum absolute atomic E-state index is 0.176. The van der Waals surface area contributed by atoms with E-state index in [1.54, 1.807) is 12.1 Å². The van der Waals surface area contributed by atoms with Gasteiger partial charge in [-0.2, -0.15) is 5.26 Å². The second kappa shape index (κ2) is 9.76. The number of carbonyl (C=O) groups excluding carboxylic acids is 1. The highest BCUT2D eigenvalue weighted by atomic mass is 32.2. The monoisotopic (exact) mass is 431 g/mol. The Bertz CT molecular complexity index is 1130. The van der Waals surface area contributed by atoms with E-state index < -0.39 is 5.82 Å². The van der Waals surface area contributed by atoms with E-state index >= 15 is 0 Å². The van der Waals surface area contributed by atoms with Gasteiger partial charge in [-0.25, -0.2) is 9.37 Å². The van der Waals surface area contributed by atoms with Crippen molar-refractivity contribution in [2.45, 2.75) is 36.6 Å². The molecule has 0 spiro atoms. The summed E-state index contributed by atoms with van der Waals surface area (Å²) in [7, 11) is 0. The number of aromatic nitrogens is 1. The van der Waals surface area contributed by atoms with Gasteiger partial charge in [0.1, 0.15) is 16.9 Å². The van der Waals surface area contributed by atoms with Crippen molar-refractivity contribution in [2.24, 2.45) is 0 Å². The number of rotatable bonds is 6. The van der Waals surface area contributed by atoms with Crippen molar-refractivity contribution in [2.75, 3.05) is 11.1 Å². The van der Waals surface area contributed by atoms with Crippen LogP contribution in [-0.2, 0) is 17.6 Å². The van der Waals surface area contributed by atoms with Gasteiger partial charge < -0.3 is 5.32 Å². The molecule has 0 bridgehead atoms. The van der Waals surface area contributed by atoms with Crippen LogP contribution >= 0.6 is 11.8 Å². The van der Waals surface area contributed by atoms with Gasteiger partial charge in [0, 0.05) is 17.9 Å². The molecule has 6 heteroatoms. The van der Waals surface area contributed by atoms with Gasteiger partial charge in [0.15, 0.2) is 0 Å². The van der Waals surface area contributed by atoms with Crippen LogP contribution in [0.1, 0.15) is 41.1 Å². The molecule has 4 nitrogen and oxygen atoms in total. The SMILES string of the molecule is N#Cc1cc2c(nc1SCCC(=O)Nc1ccccc1F)CCC(c1ccccc1)C2.